The third kappa shape index (κ3) is 4.22. The van der Waals surface area contributed by atoms with Crippen molar-refractivity contribution in [2.75, 3.05) is 0 Å². The molecule has 0 radical (unpaired) electrons. The lowest BCUT2D eigenvalue weighted by molar-refractivity contribution is -0.0690. The summed E-state index contributed by atoms with van der Waals surface area (Å²) in [6.07, 6.45) is 1.51. The van der Waals surface area contributed by atoms with Crippen molar-refractivity contribution in [3.8, 4) is 0 Å². The molecule has 1 saturated heterocycles. The SMILES string of the molecule is Cc1cc(C[C@@H](C)NC(=O)N[C@H]2CC(C)(C)OC2(C)C)n[nH]1. The van der Waals surface area contributed by atoms with Gasteiger partial charge in [0.05, 0.1) is 22.9 Å². The van der Waals surface area contributed by atoms with Crippen molar-refractivity contribution in [2.24, 2.45) is 0 Å². The maximum atomic E-state index is 12.2. The number of hydrogen-bond acceptors (Lipinski definition) is 3. The van der Waals surface area contributed by atoms with Gasteiger partial charge in [-0.1, -0.05) is 0 Å². The highest BCUT2D eigenvalue weighted by Gasteiger charge is 2.46. The van der Waals surface area contributed by atoms with Gasteiger partial charge in [0.1, 0.15) is 0 Å². The number of carbonyl (C=O) groups excluding carboxylic acids is 1. The van der Waals surface area contributed by atoms with Crippen LogP contribution >= 0.6 is 0 Å². The summed E-state index contributed by atoms with van der Waals surface area (Å²) in [5.41, 5.74) is 1.41. The summed E-state index contributed by atoms with van der Waals surface area (Å²) in [5, 5.41) is 13.1. The Hall–Kier alpha value is -1.56. The molecule has 0 bridgehead atoms. The van der Waals surface area contributed by atoms with E-state index in [9.17, 15) is 4.79 Å². The molecule has 2 atom stereocenters. The lowest BCUT2D eigenvalue weighted by Crippen LogP contribution is -2.51. The molecule has 0 saturated carbocycles. The molecule has 0 spiro atoms. The first-order valence-electron chi connectivity index (χ1n) is 7.85. The van der Waals surface area contributed by atoms with Crippen LogP contribution in [0.15, 0.2) is 6.07 Å². The van der Waals surface area contributed by atoms with E-state index in [0.717, 1.165) is 17.8 Å². The van der Waals surface area contributed by atoms with Gasteiger partial charge in [-0.05, 0) is 54.0 Å². The van der Waals surface area contributed by atoms with Crippen LogP contribution in [0.2, 0.25) is 0 Å². The van der Waals surface area contributed by atoms with Crippen molar-refractivity contribution in [3.63, 3.8) is 0 Å². The number of amides is 2. The van der Waals surface area contributed by atoms with Crippen molar-refractivity contribution in [3.05, 3.63) is 17.5 Å². The number of carbonyl (C=O) groups is 1. The second-order valence-electron chi connectivity index (χ2n) is 7.49. The quantitative estimate of drug-likeness (QED) is 0.798. The van der Waals surface area contributed by atoms with Gasteiger partial charge >= 0.3 is 6.03 Å². The molecule has 0 unspecified atom stereocenters. The van der Waals surface area contributed by atoms with Gasteiger partial charge in [0.15, 0.2) is 0 Å². The highest BCUT2D eigenvalue weighted by molar-refractivity contribution is 5.74. The smallest absolute Gasteiger partial charge is 0.315 e. The molecule has 1 aromatic rings. The fourth-order valence-corrected chi connectivity index (χ4v) is 3.15. The van der Waals surface area contributed by atoms with Crippen LogP contribution in [-0.2, 0) is 11.2 Å². The molecular formula is C16H28N4O2. The largest absolute Gasteiger partial charge is 0.367 e. The van der Waals surface area contributed by atoms with E-state index in [1.54, 1.807) is 0 Å². The highest BCUT2D eigenvalue weighted by atomic mass is 16.5. The molecular weight excluding hydrogens is 280 g/mol. The number of urea groups is 1. The molecule has 22 heavy (non-hydrogen) atoms. The Bertz CT molecular complexity index is 536. The molecule has 2 heterocycles. The summed E-state index contributed by atoms with van der Waals surface area (Å²) in [5.74, 6) is 0. The highest BCUT2D eigenvalue weighted by Crippen LogP contribution is 2.37. The van der Waals surface area contributed by atoms with Crippen molar-refractivity contribution >= 4 is 6.03 Å². The minimum atomic E-state index is -0.358. The molecule has 0 aromatic carbocycles. The van der Waals surface area contributed by atoms with Crippen LogP contribution in [0, 0.1) is 6.92 Å². The van der Waals surface area contributed by atoms with E-state index in [-0.39, 0.29) is 29.3 Å². The molecule has 124 valence electrons. The van der Waals surface area contributed by atoms with Gasteiger partial charge in [0, 0.05) is 18.2 Å². The Balaban J connectivity index is 1.85. The van der Waals surface area contributed by atoms with Crippen molar-refractivity contribution in [1.29, 1.82) is 0 Å². The average Bonchev–Trinajstić information content (AvgIpc) is 2.79. The number of nitrogens with one attached hydrogen (secondary N) is 3. The number of H-pyrrole nitrogens is 1. The summed E-state index contributed by atoms with van der Waals surface area (Å²) in [7, 11) is 0. The van der Waals surface area contributed by atoms with E-state index in [2.05, 4.69) is 34.7 Å². The zero-order valence-electron chi connectivity index (χ0n) is 14.4. The number of aromatic nitrogens is 2. The molecule has 6 heteroatoms. The van der Waals surface area contributed by atoms with Crippen LogP contribution in [0.25, 0.3) is 0 Å². The standard InChI is InChI=1S/C16H28N4O2/c1-10(7-12-8-11(2)19-20-12)17-14(21)18-13-9-15(3,4)22-16(13,5)6/h8,10,13H,7,9H2,1-6H3,(H,19,20)(H2,17,18,21)/t10-,13+/m1/s1. The van der Waals surface area contributed by atoms with E-state index in [4.69, 9.17) is 4.74 Å². The number of aryl methyl sites for hydroxylation is 1. The molecule has 1 fully saturated rings. The second kappa shape index (κ2) is 5.91. The molecule has 6 nitrogen and oxygen atoms in total. The summed E-state index contributed by atoms with van der Waals surface area (Å²) in [4.78, 5) is 12.2. The molecule has 2 rings (SSSR count). The fourth-order valence-electron chi connectivity index (χ4n) is 3.15. The number of rotatable bonds is 4. The third-order valence-electron chi connectivity index (χ3n) is 4.03. The molecule has 1 aliphatic heterocycles. The zero-order chi connectivity index (χ0) is 16.5. The Morgan fingerprint density at radius 2 is 2.18 bits per heavy atom. The van der Waals surface area contributed by atoms with Crippen molar-refractivity contribution in [2.45, 2.75) is 77.7 Å². The first-order chi connectivity index (χ1) is 10.1. The number of hydrogen-bond donors (Lipinski definition) is 3. The first kappa shape index (κ1) is 16.8. The lowest BCUT2D eigenvalue weighted by Gasteiger charge is -2.28. The molecule has 1 aliphatic rings. The normalized spacial score (nSPS) is 24.0. The van der Waals surface area contributed by atoms with Gasteiger partial charge in [-0.3, -0.25) is 5.10 Å². The fraction of sp³-hybridized carbons (Fsp3) is 0.750. The van der Waals surface area contributed by atoms with E-state index in [0.29, 0.717) is 6.42 Å². The number of aromatic amines is 1. The molecule has 1 aromatic heterocycles. The first-order valence-corrected chi connectivity index (χ1v) is 7.85. The van der Waals surface area contributed by atoms with Crippen LogP contribution in [0.5, 0.6) is 0 Å². The summed E-state index contributed by atoms with van der Waals surface area (Å²) in [6.45, 7) is 12.1. The van der Waals surface area contributed by atoms with E-state index in [1.807, 2.05) is 33.8 Å². The molecule has 0 aliphatic carbocycles. The van der Waals surface area contributed by atoms with Crippen LogP contribution in [0.1, 0.15) is 52.4 Å². The molecule has 3 N–H and O–H groups in total. The maximum absolute atomic E-state index is 12.2. The van der Waals surface area contributed by atoms with Crippen LogP contribution < -0.4 is 10.6 Å². The third-order valence-corrected chi connectivity index (χ3v) is 4.03. The monoisotopic (exact) mass is 308 g/mol. The van der Waals surface area contributed by atoms with Gasteiger partial charge in [-0.2, -0.15) is 5.10 Å². The predicted octanol–water partition coefficient (Wildman–Crippen LogP) is 2.29. The van der Waals surface area contributed by atoms with Crippen LogP contribution in [0.4, 0.5) is 4.79 Å². The van der Waals surface area contributed by atoms with Gasteiger partial charge in [0.25, 0.3) is 0 Å². The van der Waals surface area contributed by atoms with Gasteiger partial charge in [0.2, 0.25) is 0 Å². The topological polar surface area (TPSA) is 79.0 Å². The zero-order valence-corrected chi connectivity index (χ0v) is 14.4. The second-order valence-corrected chi connectivity index (χ2v) is 7.49. The van der Waals surface area contributed by atoms with E-state index >= 15 is 0 Å². The van der Waals surface area contributed by atoms with Crippen LogP contribution in [-0.4, -0.2) is 39.5 Å². The van der Waals surface area contributed by atoms with Gasteiger partial charge in [-0.25, -0.2) is 4.79 Å². The van der Waals surface area contributed by atoms with Gasteiger partial charge < -0.3 is 15.4 Å². The van der Waals surface area contributed by atoms with Crippen molar-refractivity contribution < 1.29 is 9.53 Å². The van der Waals surface area contributed by atoms with Gasteiger partial charge in [-0.15, -0.1) is 0 Å². The Morgan fingerprint density at radius 1 is 1.50 bits per heavy atom. The van der Waals surface area contributed by atoms with Crippen molar-refractivity contribution in [1.82, 2.24) is 20.8 Å². The maximum Gasteiger partial charge on any atom is 0.315 e. The average molecular weight is 308 g/mol. The minimum Gasteiger partial charge on any atom is -0.367 e. The molecule has 2 amide bonds. The lowest BCUT2D eigenvalue weighted by atomic mass is 9.94. The van der Waals surface area contributed by atoms with Crippen LogP contribution in [0.3, 0.4) is 0 Å². The Labute approximate surface area is 132 Å². The summed E-state index contributed by atoms with van der Waals surface area (Å²) in [6, 6.07) is 1.86. The number of nitrogens with zero attached hydrogens (tertiary/aromatic N) is 1. The summed E-state index contributed by atoms with van der Waals surface area (Å²) < 4.78 is 6.00. The predicted molar refractivity (Wildman–Crippen MR) is 85.8 cm³/mol. The Morgan fingerprint density at radius 3 is 2.68 bits per heavy atom. The Kier molecular flexibility index (Phi) is 4.52. The number of ether oxygens (including phenoxy) is 1. The van der Waals surface area contributed by atoms with E-state index < -0.39 is 0 Å². The van der Waals surface area contributed by atoms with E-state index in [1.165, 1.54) is 0 Å². The minimum absolute atomic E-state index is 0.00216. The summed E-state index contributed by atoms with van der Waals surface area (Å²) >= 11 is 0.